The second-order valence-corrected chi connectivity index (χ2v) is 6.70. The first-order valence-corrected chi connectivity index (χ1v) is 8.45. The summed E-state index contributed by atoms with van der Waals surface area (Å²) in [5.41, 5.74) is 2.63. The second kappa shape index (κ2) is 8.61. The van der Waals surface area contributed by atoms with E-state index in [4.69, 9.17) is 0 Å². The molecule has 0 radical (unpaired) electrons. The molecular weight excluding hydrogens is 370 g/mol. The van der Waals surface area contributed by atoms with E-state index in [1.54, 1.807) is 0 Å². The van der Waals surface area contributed by atoms with E-state index in [9.17, 15) is 9.59 Å². The first kappa shape index (κ1) is 18.2. The number of anilines is 2. The van der Waals surface area contributed by atoms with Gasteiger partial charge in [0.05, 0.1) is 7.05 Å². The van der Waals surface area contributed by atoms with Gasteiger partial charge in [-0.05, 0) is 37.3 Å². The molecule has 0 heterocycles. The summed E-state index contributed by atoms with van der Waals surface area (Å²) >= 11 is 3.36. The molecule has 0 aromatic heterocycles. The van der Waals surface area contributed by atoms with Gasteiger partial charge >= 0.3 is 0 Å². The van der Waals surface area contributed by atoms with Gasteiger partial charge in [0.2, 0.25) is 0 Å². The molecule has 1 atom stereocenters. The van der Waals surface area contributed by atoms with E-state index < -0.39 is 0 Å². The lowest BCUT2D eigenvalue weighted by Crippen LogP contribution is -3.11. The Morgan fingerprint density at radius 2 is 1.54 bits per heavy atom. The predicted octanol–water partition coefficient (Wildman–Crippen LogP) is 1.85. The molecule has 0 bridgehead atoms. The third kappa shape index (κ3) is 6.14. The van der Waals surface area contributed by atoms with Gasteiger partial charge in [0, 0.05) is 15.8 Å². The zero-order valence-corrected chi connectivity index (χ0v) is 15.3. The molecule has 0 aliphatic rings. The number of likely N-dealkylation sites (N-methyl/N-ethyl adjacent to an activating group) is 1. The van der Waals surface area contributed by atoms with Crippen molar-refractivity contribution in [1.82, 2.24) is 0 Å². The van der Waals surface area contributed by atoms with Crippen molar-refractivity contribution in [2.24, 2.45) is 0 Å². The molecule has 1 unspecified atom stereocenters. The molecule has 0 saturated carbocycles. The van der Waals surface area contributed by atoms with Crippen LogP contribution in [-0.4, -0.2) is 32.0 Å². The Hall–Kier alpha value is -2.18. The zero-order valence-electron chi connectivity index (χ0n) is 13.7. The van der Waals surface area contributed by atoms with Crippen LogP contribution in [-0.2, 0) is 9.59 Å². The fraction of sp³-hybridized carbons (Fsp3) is 0.222. The van der Waals surface area contributed by atoms with Gasteiger partial charge in [-0.15, -0.1) is 0 Å². The number of carbonyl (C=O) groups is 2. The van der Waals surface area contributed by atoms with Crippen LogP contribution in [0.5, 0.6) is 0 Å². The summed E-state index contributed by atoms with van der Waals surface area (Å²) in [5, 5.41) is 5.65. The van der Waals surface area contributed by atoms with Gasteiger partial charge in [-0.1, -0.05) is 39.7 Å². The summed E-state index contributed by atoms with van der Waals surface area (Å²) in [6.07, 6.45) is 0. The van der Waals surface area contributed by atoms with E-state index in [2.05, 4.69) is 26.6 Å². The van der Waals surface area contributed by atoms with Crippen molar-refractivity contribution >= 4 is 39.1 Å². The lowest BCUT2D eigenvalue weighted by molar-refractivity contribution is -0.862. The third-order valence-electron chi connectivity index (χ3n) is 3.37. The van der Waals surface area contributed by atoms with Crippen LogP contribution >= 0.6 is 15.9 Å². The summed E-state index contributed by atoms with van der Waals surface area (Å²) in [5.74, 6) is -0.250. The Balaban J connectivity index is 1.79. The van der Waals surface area contributed by atoms with Crippen molar-refractivity contribution in [2.45, 2.75) is 6.92 Å². The van der Waals surface area contributed by atoms with Crippen molar-refractivity contribution in [1.29, 1.82) is 0 Å². The summed E-state index contributed by atoms with van der Waals surface area (Å²) < 4.78 is 0.901. The SMILES string of the molecule is Cc1ccc(NC(=O)C[NH+](C)CC(=O)Nc2cccc(Br)c2)cc1. The molecule has 0 saturated heterocycles. The minimum Gasteiger partial charge on any atom is -0.322 e. The second-order valence-electron chi connectivity index (χ2n) is 5.78. The fourth-order valence-electron chi connectivity index (χ4n) is 2.22. The molecule has 3 N–H and O–H groups in total. The molecule has 0 aliphatic carbocycles. The smallest absolute Gasteiger partial charge is 0.279 e. The molecule has 0 spiro atoms. The van der Waals surface area contributed by atoms with E-state index in [0.717, 1.165) is 26.3 Å². The standard InChI is InChI=1S/C18H20BrN3O2/c1-13-6-8-15(9-7-13)20-17(23)11-22(2)12-18(24)21-16-5-3-4-14(19)10-16/h3-10H,11-12H2,1-2H3,(H,20,23)(H,21,24)/p+1. The van der Waals surface area contributed by atoms with Crippen LogP contribution < -0.4 is 15.5 Å². The van der Waals surface area contributed by atoms with Gasteiger partial charge in [0.1, 0.15) is 0 Å². The van der Waals surface area contributed by atoms with Crippen LogP contribution in [0.15, 0.2) is 53.0 Å². The van der Waals surface area contributed by atoms with E-state index in [0.29, 0.717) is 0 Å². The molecule has 5 nitrogen and oxygen atoms in total. The van der Waals surface area contributed by atoms with E-state index >= 15 is 0 Å². The average Bonchev–Trinajstić information content (AvgIpc) is 2.49. The highest BCUT2D eigenvalue weighted by Gasteiger charge is 2.14. The largest absolute Gasteiger partial charge is 0.322 e. The van der Waals surface area contributed by atoms with Crippen molar-refractivity contribution in [3.8, 4) is 0 Å². The fourth-order valence-corrected chi connectivity index (χ4v) is 2.62. The molecular formula is C18H21BrN3O2+. The summed E-state index contributed by atoms with van der Waals surface area (Å²) in [6.45, 7) is 2.43. The third-order valence-corrected chi connectivity index (χ3v) is 3.86. The monoisotopic (exact) mass is 390 g/mol. The van der Waals surface area contributed by atoms with Crippen molar-refractivity contribution in [3.05, 3.63) is 58.6 Å². The molecule has 0 aliphatic heterocycles. The molecule has 0 fully saturated rings. The molecule has 126 valence electrons. The average molecular weight is 391 g/mol. The van der Waals surface area contributed by atoms with Crippen LogP contribution in [0, 0.1) is 6.92 Å². The highest BCUT2D eigenvalue weighted by molar-refractivity contribution is 9.10. The molecule has 2 rings (SSSR count). The first-order chi connectivity index (χ1) is 11.4. The van der Waals surface area contributed by atoms with E-state index in [-0.39, 0.29) is 24.9 Å². The molecule has 6 heteroatoms. The van der Waals surface area contributed by atoms with E-state index in [1.165, 1.54) is 0 Å². The number of carbonyl (C=O) groups excluding carboxylic acids is 2. The number of nitrogens with one attached hydrogen (secondary N) is 3. The Morgan fingerprint density at radius 3 is 2.12 bits per heavy atom. The summed E-state index contributed by atoms with van der Waals surface area (Å²) in [7, 11) is 1.81. The Morgan fingerprint density at radius 1 is 0.958 bits per heavy atom. The van der Waals surface area contributed by atoms with Gasteiger partial charge in [-0.3, -0.25) is 9.59 Å². The number of benzene rings is 2. The quantitative estimate of drug-likeness (QED) is 0.704. The first-order valence-electron chi connectivity index (χ1n) is 7.65. The minimum atomic E-state index is -0.131. The maximum atomic E-state index is 12.0. The Bertz CT molecular complexity index is 716. The highest BCUT2D eigenvalue weighted by Crippen LogP contribution is 2.15. The van der Waals surface area contributed by atoms with Gasteiger partial charge in [0.15, 0.2) is 13.1 Å². The predicted molar refractivity (Wildman–Crippen MR) is 99.2 cm³/mol. The topological polar surface area (TPSA) is 62.6 Å². The van der Waals surface area contributed by atoms with Crippen LogP contribution in [0.25, 0.3) is 0 Å². The van der Waals surface area contributed by atoms with Gasteiger partial charge in [-0.2, -0.15) is 0 Å². The number of quaternary nitrogens is 1. The molecule has 2 aromatic rings. The maximum absolute atomic E-state index is 12.0. The zero-order chi connectivity index (χ0) is 17.5. The Labute approximate surface area is 150 Å². The van der Waals surface area contributed by atoms with Crippen LogP contribution in [0.1, 0.15) is 5.56 Å². The molecule has 24 heavy (non-hydrogen) atoms. The van der Waals surface area contributed by atoms with Crippen molar-refractivity contribution in [3.63, 3.8) is 0 Å². The number of halogens is 1. The van der Waals surface area contributed by atoms with Gasteiger partial charge < -0.3 is 15.5 Å². The summed E-state index contributed by atoms with van der Waals surface area (Å²) in [6, 6.07) is 15.0. The van der Waals surface area contributed by atoms with Crippen molar-refractivity contribution in [2.75, 3.05) is 30.8 Å². The highest BCUT2D eigenvalue weighted by atomic mass is 79.9. The van der Waals surface area contributed by atoms with Crippen molar-refractivity contribution < 1.29 is 14.5 Å². The number of hydrogen-bond donors (Lipinski definition) is 3. The number of aryl methyl sites for hydroxylation is 1. The van der Waals surface area contributed by atoms with Crippen LogP contribution in [0.4, 0.5) is 11.4 Å². The minimum absolute atomic E-state index is 0.119. The molecule has 2 amide bonds. The number of amides is 2. The lowest BCUT2D eigenvalue weighted by atomic mass is 10.2. The Kier molecular flexibility index (Phi) is 6.52. The van der Waals surface area contributed by atoms with E-state index in [1.807, 2.05) is 62.5 Å². The normalized spacial score (nSPS) is 11.6. The molecule has 2 aromatic carbocycles. The number of hydrogen-bond acceptors (Lipinski definition) is 2. The van der Waals surface area contributed by atoms with Gasteiger partial charge in [0.25, 0.3) is 11.8 Å². The number of rotatable bonds is 6. The summed E-state index contributed by atoms with van der Waals surface area (Å²) in [4.78, 5) is 24.9. The van der Waals surface area contributed by atoms with Gasteiger partial charge in [-0.25, -0.2) is 0 Å². The van der Waals surface area contributed by atoms with Crippen LogP contribution in [0.3, 0.4) is 0 Å². The van der Waals surface area contributed by atoms with Crippen LogP contribution in [0.2, 0.25) is 0 Å². The lowest BCUT2D eigenvalue weighted by Gasteiger charge is -2.14. The maximum Gasteiger partial charge on any atom is 0.279 e.